The Balaban J connectivity index is 1.58. The van der Waals surface area contributed by atoms with E-state index in [2.05, 4.69) is 11.8 Å². The molecule has 2 rings (SSSR count). The maximum atomic E-state index is 6.09. The van der Waals surface area contributed by atoms with Crippen LogP contribution in [0.25, 0.3) is 0 Å². The summed E-state index contributed by atoms with van der Waals surface area (Å²) in [6, 6.07) is 0. The van der Waals surface area contributed by atoms with Gasteiger partial charge < -0.3 is 14.4 Å². The Kier molecular flexibility index (Phi) is 4.62. The third kappa shape index (κ3) is 3.44. The van der Waals surface area contributed by atoms with Crippen LogP contribution in [0.1, 0.15) is 32.6 Å². The van der Waals surface area contributed by atoms with Gasteiger partial charge in [0.15, 0.2) is 0 Å². The molecular formula is C13H25NO2. The van der Waals surface area contributed by atoms with E-state index in [-0.39, 0.29) is 0 Å². The summed E-state index contributed by atoms with van der Waals surface area (Å²) in [6.45, 7) is 6.59. The topological polar surface area (TPSA) is 21.7 Å². The lowest BCUT2D eigenvalue weighted by Crippen LogP contribution is -2.41. The third-order valence-electron chi connectivity index (χ3n) is 3.86. The Morgan fingerprint density at radius 3 is 2.38 bits per heavy atom. The minimum Gasteiger partial charge on any atom is -0.383 e. The molecule has 0 spiro atoms. The Morgan fingerprint density at radius 1 is 1.12 bits per heavy atom. The second-order valence-corrected chi connectivity index (χ2v) is 5.37. The Bertz CT molecular complexity index is 196. The van der Waals surface area contributed by atoms with E-state index in [4.69, 9.17) is 9.47 Å². The zero-order chi connectivity index (χ0) is 11.4. The summed E-state index contributed by atoms with van der Waals surface area (Å²) in [5, 5.41) is 0. The zero-order valence-corrected chi connectivity index (χ0v) is 10.7. The lowest BCUT2D eigenvalue weighted by molar-refractivity contribution is -0.0912. The lowest BCUT2D eigenvalue weighted by atomic mass is 9.84. The van der Waals surface area contributed by atoms with E-state index in [0.717, 1.165) is 19.1 Å². The molecule has 0 N–H and O–H groups in total. The van der Waals surface area contributed by atoms with Gasteiger partial charge in [0, 0.05) is 26.7 Å². The summed E-state index contributed by atoms with van der Waals surface area (Å²) >= 11 is 0. The second kappa shape index (κ2) is 5.99. The molecule has 0 aromatic heterocycles. The van der Waals surface area contributed by atoms with Crippen molar-refractivity contribution in [2.45, 2.75) is 44.8 Å². The van der Waals surface area contributed by atoms with Gasteiger partial charge in [-0.1, -0.05) is 6.92 Å². The van der Waals surface area contributed by atoms with Crippen LogP contribution < -0.4 is 0 Å². The van der Waals surface area contributed by atoms with Gasteiger partial charge >= 0.3 is 0 Å². The molecule has 1 heterocycles. The molecule has 0 bridgehead atoms. The Labute approximate surface area is 99.1 Å². The predicted molar refractivity (Wildman–Crippen MR) is 64.6 cm³/mol. The molecule has 0 unspecified atom stereocenters. The number of hydrogen-bond acceptors (Lipinski definition) is 3. The zero-order valence-electron chi connectivity index (χ0n) is 10.7. The van der Waals surface area contributed by atoms with Crippen molar-refractivity contribution in [3.05, 3.63) is 0 Å². The summed E-state index contributed by atoms with van der Waals surface area (Å²) in [5.41, 5.74) is 0. The first-order valence-electron chi connectivity index (χ1n) is 6.64. The van der Waals surface area contributed by atoms with Crippen molar-refractivity contribution in [1.82, 2.24) is 4.90 Å². The first-order chi connectivity index (χ1) is 7.78. The summed E-state index contributed by atoms with van der Waals surface area (Å²) in [5.74, 6) is 0.895. The molecule has 2 fully saturated rings. The van der Waals surface area contributed by atoms with E-state index in [1.807, 2.05) is 0 Å². The van der Waals surface area contributed by atoms with Crippen LogP contribution in [0.5, 0.6) is 0 Å². The SMILES string of the molecule is COCCN1CCC(OC2CC(C)C2)CC1. The minimum atomic E-state index is 0.524. The molecule has 0 amide bonds. The monoisotopic (exact) mass is 227 g/mol. The number of ether oxygens (including phenoxy) is 2. The molecule has 2 aliphatic rings. The largest absolute Gasteiger partial charge is 0.383 e. The highest BCUT2D eigenvalue weighted by Gasteiger charge is 2.30. The van der Waals surface area contributed by atoms with Crippen LogP contribution >= 0.6 is 0 Å². The molecule has 1 saturated heterocycles. The first-order valence-corrected chi connectivity index (χ1v) is 6.64. The van der Waals surface area contributed by atoms with E-state index >= 15 is 0 Å². The molecule has 3 heteroatoms. The molecular weight excluding hydrogens is 202 g/mol. The lowest BCUT2D eigenvalue weighted by Gasteiger charge is -2.38. The molecule has 0 radical (unpaired) electrons. The van der Waals surface area contributed by atoms with Gasteiger partial charge in [-0.05, 0) is 31.6 Å². The fourth-order valence-corrected chi connectivity index (χ4v) is 2.70. The van der Waals surface area contributed by atoms with Crippen LogP contribution in [0.2, 0.25) is 0 Å². The number of nitrogens with zero attached hydrogens (tertiary/aromatic N) is 1. The quantitative estimate of drug-likeness (QED) is 0.716. The van der Waals surface area contributed by atoms with Crippen molar-refractivity contribution in [2.24, 2.45) is 5.92 Å². The highest BCUT2D eigenvalue weighted by atomic mass is 16.5. The van der Waals surface area contributed by atoms with Crippen LogP contribution in [-0.2, 0) is 9.47 Å². The van der Waals surface area contributed by atoms with E-state index in [1.165, 1.54) is 38.8 Å². The second-order valence-electron chi connectivity index (χ2n) is 5.37. The summed E-state index contributed by atoms with van der Waals surface area (Å²) in [4.78, 5) is 2.48. The van der Waals surface area contributed by atoms with E-state index in [1.54, 1.807) is 7.11 Å². The van der Waals surface area contributed by atoms with Gasteiger partial charge in [-0.25, -0.2) is 0 Å². The fraction of sp³-hybridized carbons (Fsp3) is 1.00. The highest BCUT2D eigenvalue weighted by molar-refractivity contribution is 4.80. The molecule has 1 aliphatic carbocycles. The number of likely N-dealkylation sites (tertiary alicyclic amines) is 1. The average molecular weight is 227 g/mol. The van der Waals surface area contributed by atoms with Gasteiger partial charge in [0.05, 0.1) is 18.8 Å². The van der Waals surface area contributed by atoms with Crippen molar-refractivity contribution in [3.63, 3.8) is 0 Å². The minimum absolute atomic E-state index is 0.524. The highest BCUT2D eigenvalue weighted by Crippen LogP contribution is 2.31. The normalized spacial score (nSPS) is 32.6. The first kappa shape index (κ1) is 12.3. The van der Waals surface area contributed by atoms with Crippen LogP contribution in [0.15, 0.2) is 0 Å². The van der Waals surface area contributed by atoms with Crippen molar-refractivity contribution in [3.8, 4) is 0 Å². The summed E-state index contributed by atoms with van der Waals surface area (Å²) < 4.78 is 11.2. The van der Waals surface area contributed by atoms with Gasteiger partial charge in [-0.15, -0.1) is 0 Å². The molecule has 0 aromatic rings. The standard InChI is InChI=1S/C13H25NO2/c1-11-9-13(10-11)16-12-3-5-14(6-4-12)7-8-15-2/h11-13H,3-10H2,1-2H3. The third-order valence-corrected chi connectivity index (χ3v) is 3.86. The molecule has 0 aromatic carbocycles. The molecule has 1 aliphatic heterocycles. The van der Waals surface area contributed by atoms with Crippen LogP contribution in [0, 0.1) is 5.92 Å². The van der Waals surface area contributed by atoms with Crippen molar-refractivity contribution < 1.29 is 9.47 Å². The van der Waals surface area contributed by atoms with Crippen molar-refractivity contribution >= 4 is 0 Å². The smallest absolute Gasteiger partial charge is 0.0603 e. The van der Waals surface area contributed by atoms with Gasteiger partial charge in [-0.2, -0.15) is 0 Å². The van der Waals surface area contributed by atoms with E-state index in [9.17, 15) is 0 Å². The van der Waals surface area contributed by atoms with Gasteiger partial charge in [0.1, 0.15) is 0 Å². The predicted octanol–water partition coefficient (Wildman–Crippen LogP) is 1.91. The summed E-state index contributed by atoms with van der Waals surface area (Å²) in [7, 11) is 1.77. The van der Waals surface area contributed by atoms with Crippen molar-refractivity contribution in [1.29, 1.82) is 0 Å². The van der Waals surface area contributed by atoms with Gasteiger partial charge in [0.25, 0.3) is 0 Å². The molecule has 1 saturated carbocycles. The number of hydrogen-bond donors (Lipinski definition) is 0. The van der Waals surface area contributed by atoms with Gasteiger partial charge in [-0.3, -0.25) is 0 Å². The van der Waals surface area contributed by atoms with Crippen LogP contribution in [0.4, 0.5) is 0 Å². The molecule has 0 atom stereocenters. The Morgan fingerprint density at radius 2 is 1.81 bits per heavy atom. The molecule has 94 valence electrons. The fourth-order valence-electron chi connectivity index (χ4n) is 2.70. The molecule has 16 heavy (non-hydrogen) atoms. The van der Waals surface area contributed by atoms with E-state index in [0.29, 0.717) is 12.2 Å². The van der Waals surface area contributed by atoms with Crippen LogP contribution in [0.3, 0.4) is 0 Å². The molecule has 3 nitrogen and oxygen atoms in total. The average Bonchev–Trinajstić information content (AvgIpc) is 2.26. The number of rotatable bonds is 5. The Hall–Kier alpha value is -0.120. The van der Waals surface area contributed by atoms with E-state index < -0.39 is 0 Å². The summed E-state index contributed by atoms with van der Waals surface area (Å²) in [6.07, 6.45) is 6.07. The van der Waals surface area contributed by atoms with Crippen LogP contribution in [-0.4, -0.2) is 50.5 Å². The van der Waals surface area contributed by atoms with Crippen molar-refractivity contribution in [2.75, 3.05) is 33.4 Å². The number of piperidine rings is 1. The van der Waals surface area contributed by atoms with Gasteiger partial charge in [0.2, 0.25) is 0 Å². The maximum Gasteiger partial charge on any atom is 0.0603 e. The maximum absolute atomic E-state index is 6.09. The number of methoxy groups -OCH3 is 1.